The fourth-order valence-electron chi connectivity index (χ4n) is 1.06. The zero-order valence-electron chi connectivity index (χ0n) is 9.18. The summed E-state index contributed by atoms with van der Waals surface area (Å²) in [6, 6.07) is 2.58. The predicted molar refractivity (Wildman–Crippen MR) is 55.4 cm³/mol. The van der Waals surface area contributed by atoms with Gasteiger partial charge in [0.1, 0.15) is 0 Å². The standard InChI is InChI=1S/C10H5ClF6O3/c11-7(9(12,13)14)8(10(15,16)17)20-5-3-1-2-4(18)6(5)19/h1-3,18-19H. The molecule has 20 heavy (non-hydrogen) atoms. The number of ether oxygens (including phenoxy) is 1. The van der Waals surface area contributed by atoms with E-state index < -0.39 is 40.4 Å². The lowest BCUT2D eigenvalue weighted by Crippen LogP contribution is -2.23. The average Bonchev–Trinajstić information content (AvgIpc) is 2.27. The maximum absolute atomic E-state index is 12.5. The van der Waals surface area contributed by atoms with Crippen molar-refractivity contribution in [2.45, 2.75) is 12.4 Å². The summed E-state index contributed by atoms with van der Waals surface area (Å²) in [7, 11) is 0. The molecule has 0 spiro atoms. The molecule has 1 rings (SSSR count). The van der Waals surface area contributed by atoms with E-state index in [0.717, 1.165) is 18.2 Å². The fourth-order valence-corrected chi connectivity index (χ4v) is 1.20. The maximum atomic E-state index is 12.5. The van der Waals surface area contributed by atoms with E-state index in [2.05, 4.69) is 16.3 Å². The van der Waals surface area contributed by atoms with Crippen molar-refractivity contribution in [3.05, 3.63) is 29.0 Å². The summed E-state index contributed by atoms with van der Waals surface area (Å²) in [6.45, 7) is 0. The number of hydrogen-bond acceptors (Lipinski definition) is 3. The first-order valence-corrected chi connectivity index (χ1v) is 5.05. The minimum absolute atomic E-state index is 0.724. The van der Waals surface area contributed by atoms with Crippen LogP contribution in [0.4, 0.5) is 26.3 Å². The Hall–Kier alpha value is -1.77. The number of rotatable bonds is 2. The SMILES string of the molecule is Oc1cccc(OC(=C(Cl)C(F)(F)F)C(F)(F)F)c1O. The van der Waals surface area contributed by atoms with Crippen LogP contribution >= 0.6 is 11.6 Å². The van der Waals surface area contributed by atoms with Crippen molar-refractivity contribution in [2.24, 2.45) is 0 Å². The van der Waals surface area contributed by atoms with Gasteiger partial charge < -0.3 is 14.9 Å². The Morgan fingerprint density at radius 2 is 1.55 bits per heavy atom. The van der Waals surface area contributed by atoms with Gasteiger partial charge in [-0.1, -0.05) is 17.7 Å². The Morgan fingerprint density at radius 1 is 1.00 bits per heavy atom. The number of allylic oxidation sites excluding steroid dienone is 2. The molecule has 0 unspecified atom stereocenters. The molecule has 0 aliphatic rings. The Labute approximate surface area is 112 Å². The number of benzene rings is 1. The molecule has 0 heterocycles. The van der Waals surface area contributed by atoms with Crippen LogP contribution in [0.1, 0.15) is 0 Å². The van der Waals surface area contributed by atoms with Crippen LogP contribution in [0.2, 0.25) is 0 Å². The van der Waals surface area contributed by atoms with Crippen molar-refractivity contribution in [1.82, 2.24) is 0 Å². The van der Waals surface area contributed by atoms with Crippen molar-refractivity contribution >= 4 is 11.6 Å². The van der Waals surface area contributed by atoms with Gasteiger partial charge >= 0.3 is 12.4 Å². The van der Waals surface area contributed by atoms with Crippen molar-refractivity contribution in [3.63, 3.8) is 0 Å². The van der Waals surface area contributed by atoms with E-state index in [1.165, 1.54) is 0 Å². The highest BCUT2D eigenvalue weighted by Gasteiger charge is 2.47. The third kappa shape index (κ3) is 3.62. The van der Waals surface area contributed by atoms with Crippen LogP contribution < -0.4 is 4.74 Å². The lowest BCUT2D eigenvalue weighted by atomic mass is 10.3. The van der Waals surface area contributed by atoms with Gasteiger partial charge in [-0.2, -0.15) is 26.3 Å². The third-order valence-electron chi connectivity index (χ3n) is 1.90. The fraction of sp³-hybridized carbons (Fsp3) is 0.200. The van der Waals surface area contributed by atoms with E-state index in [0.29, 0.717) is 0 Å². The molecule has 0 aliphatic carbocycles. The highest BCUT2D eigenvalue weighted by Crippen LogP contribution is 2.42. The first-order valence-electron chi connectivity index (χ1n) is 4.67. The molecular formula is C10H5ClF6O3. The molecule has 2 N–H and O–H groups in total. The summed E-state index contributed by atoms with van der Waals surface area (Å²) < 4.78 is 78.2. The predicted octanol–water partition coefficient (Wildman–Crippen LogP) is 4.05. The second-order valence-electron chi connectivity index (χ2n) is 3.36. The average molecular weight is 323 g/mol. The third-order valence-corrected chi connectivity index (χ3v) is 2.28. The lowest BCUT2D eigenvalue weighted by molar-refractivity contribution is -0.130. The van der Waals surface area contributed by atoms with Crippen molar-refractivity contribution in [1.29, 1.82) is 0 Å². The van der Waals surface area contributed by atoms with Crippen LogP contribution in [-0.2, 0) is 0 Å². The molecule has 1 aromatic carbocycles. The molecular weight excluding hydrogens is 318 g/mol. The lowest BCUT2D eigenvalue weighted by Gasteiger charge is -2.17. The van der Waals surface area contributed by atoms with E-state index in [1.54, 1.807) is 0 Å². The molecule has 112 valence electrons. The zero-order chi connectivity index (χ0) is 15.7. The molecule has 0 aromatic heterocycles. The quantitative estimate of drug-likeness (QED) is 0.490. The Kier molecular flexibility index (Phi) is 4.33. The maximum Gasteiger partial charge on any atom is 0.451 e. The van der Waals surface area contributed by atoms with Gasteiger partial charge in [0, 0.05) is 0 Å². The van der Waals surface area contributed by atoms with E-state index >= 15 is 0 Å². The minimum atomic E-state index is -5.55. The molecule has 0 fully saturated rings. The molecule has 0 saturated carbocycles. The topological polar surface area (TPSA) is 49.7 Å². The van der Waals surface area contributed by atoms with Gasteiger partial charge in [-0.25, -0.2) is 0 Å². The van der Waals surface area contributed by atoms with Gasteiger partial charge in [0.25, 0.3) is 0 Å². The van der Waals surface area contributed by atoms with E-state index in [-0.39, 0.29) is 0 Å². The first-order chi connectivity index (χ1) is 8.94. The van der Waals surface area contributed by atoms with Crippen molar-refractivity contribution in [2.75, 3.05) is 0 Å². The Morgan fingerprint density at radius 3 is 2.00 bits per heavy atom. The smallest absolute Gasteiger partial charge is 0.451 e. The van der Waals surface area contributed by atoms with Crippen LogP contribution in [0, 0.1) is 0 Å². The number of phenolic OH excluding ortho intramolecular Hbond substituents is 2. The van der Waals surface area contributed by atoms with Crippen LogP contribution in [0.3, 0.4) is 0 Å². The van der Waals surface area contributed by atoms with Gasteiger partial charge in [-0.15, -0.1) is 0 Å². The molecule has 0 saturated heterocycles. The summed E-state index contributed by atoms with van der Waals surface area (Å²) in [6.07, 6.45) is -11.0. The number of hydrogen-bond donors (Lipinski definition) is 2. The Bertz CT molecular complexity index is 535. The monoisotopic (exact) mass is 322 g/mol. The van der Waals surface area contributed by atoms with Gasteiger partial charge in [-0.3, -0.25) is 0 Å². The zero-order valence-corrected chi connectivity index (χ0v) is 9.94. The summed E-state index contributed by atoms with van der Waals surface area (Å²) in [4.78, 5) is 0. The molecule has 3 nitrogen and oxygen atoms in total. The van der Waals surface area contributed by atoms with E-state index in [4.69, 9.17) is 5.11 Å². The summed E-state index contributed by atoms with van der Waals surface area (Å²) in [5, 5.41) is 15.7. The molecule has 10 heteroatoms. The van der Waals surface area contributed by atoms with Crippen molar-refractivity contribution < 1.29 is 41.3 Å². The largest absolute Gasteiger partial charge is 0.504 e. The first kappa shape index (κ1) is 16.3. The normalized spacial score (nSPS) is 13.9. The van der Waals surface area contributed by atoms with Gasteiger partial charge in [0.15, 0.2) is 16.5 Å². The second kappa shape index (κ2) is 5.31. The second-order valence-corrected chi connectivity index (χ2v) is 3.74. The number of aromatic hydroxyl groups is 2. The van der Waals surface area contributed by atoms with Crippen LogP contribution in [0.25, 0.3) is 0 Å². The summed E-state index contributed by atoms with van der Waals surface area (Å²) in [5.74, 6) is -5.60. The summed E-state index contributed by atoms with van der Waals surface area (Å²) >= 11 is 4.62. The molecule has 1 aromatic rings. The molecule has 0 amide bonds. The van der Waals surface area contributed by atoms with E-state index in [9.17, 15) is 31.4 Å². The Balaban J connectivity index is 3.33. The number of phenols is 2. The summed E-state index contributed by atoms with van der Waals surface area (Å²) in [5.41, 5.74) is 0. The number of para-hydroxylation sites is 1. The molecule has 0 aliphatic heterocycles. The highest BCUT2D eigenvalue weighted by molar-refractivity contribution is 6.30. The van der Waals surface area contributed by atoms with Crippen molar-refractivity contribution in [3.8, 4) is 17.2 Å². The van der Waals surface area contributed by atoms with Gasteiger partial charge in [0.2, 0.25) is 11.5 Å². The molecule has 0 atom stereocenters. The van der Waals surface area contributed by atoms with Crippen LogP contribution in [-0.4, -0.2) is 22.6 Å². The minimum Gasteiger partial charge on any atom is -0.504 e. The number of halogens is 7. The van der Waals surface area contributed by atoms with Crippen LogP contribution in [0.15, 0.2) is 29.0 Å². The highest BCUT2D eigenvalue weighted by atomic mass is 35.5. The van der Waals surface area contributed by atoms with Gasteiger partial charge in [-0.05, 0) is 12.1 Å². The molecule has 0 radical (unpaired) electrons. The van der Waals surface area contributed by atoms with Crippen LogP contribution in [0.5, 0.6) is 17.2 Å². The number of alkyl halides is 6. The van der Waals surface area contributed by atoms with Gasteiger partial charge in [0.05, 0.1) is 0 Å². The molecule has 0 bridgehead atoms. The van der Waals surface area contributed by atoms with E-state index in [1.807, 2.05) is 0 Å².